The van der Waals surface area contributed by atoms with Crippen LogP contribution in [0, 0.1) is 11.3 Å². The number of benzene rings is 1. The molecule has 1 aliphatic rings. The van der Waals surface area contributed by atoms with Gasteiger partial charge in [0, 0.05) is 11.4 Å². The minimum atomic E-state index is -0.0985. The Hall–Kier alpha value is -2.36. The number of hydrogen-bond donors (Lipinski definition) is 1. The van der Waals surface area contributed by atoms with Crippen molar-refractivity contribution in [2.45, 2.75) is 19.3 Å². The van der Waals surface area contributed by atoms with Gasteiger partial charge in [0.1, 0.15) is 23.4 Å². The van der Waals surface area contributed by atoms with E-state index in [0.717, 1.165) is 30.6 Å². The molecule has 0 fully saturated rings. The number of aryl methyl sites for hydroxylation is 1. The average molecular weight is 355 g/mol. The third-order valence-corrected chi connectivity index (χ3v) is 5.39. The van der Waals surface area contributed by atoms with Crippen LogP contribution in [0.4, 0.5) is 5.00 Å². The van der Waals surface area contributed by atoms with E-state index in [9.17, 15) is 10.1 Å². The maximum Gasteiger partial charge on any atom is 0.239 e. The standard InChI is InChI=1S/C19H21N3O2S/c1-22(10-11-24-14-6-3-2-4-7-14)13-18(23)21-19-16(12-20)15-8-5-9-17(15)25-19/h2-4,6-7H,5,8-11,13H2,1H3,(H,21,23). The summed E-state index contributed by atoms with van der Waals surface area (Å²) in [7, 11) is 1.88. The number of carbonyl (C=O) groups is 1. The van der Waals surface area contributed by atoms with Gasteiger partial charge in [-0.2, -0.15) is 5.26 Å². The molecule has 0 atom stereocenters. The fourth-order valence-corrected chi connectivity index (χ4v) is 4.19. The van der Waals surface area contributed by atoms with Crippen LogP contribution in [0.15, 0.2) is 30.3 Å². The molecular formula is C19H21N3O2S. The average Bonchev–Trinajstić information content (AvgIpc) is 3.16. The Bertz CT molecular complexity index is 780. The lowest BCUT2D eigenvalue weighted by molar-refractivity contribution is -0.117. The van der Waals surface area contributed by atoms with Crippen LogP contribution in [0.1, 0.15) is 22.4 Å². The van der Waals surface area contributed by atoms with Gasteiger partial charge in [-0.15, -0.1) is 11.3 Å². The normalized spacial score (nSPS) is 12.7. The zero-order chi connectivity index (χ0) is 17.6. The Morgan fingerprint density at radius 1 is 1.36 bits per heavy atom. The van der Waals surface area contributed by atoms with Gasteiger partial charge in [-0.1, -0.05) is 18.2 Å². The van der Waals surface area contributed by atoms with Crippen LogP contribution in [-0.4, -0.2) is 37.6 Å². The third kappa shape index (κ3) is 4.38. The molecule has 3 rings (SSSR count). The van der Waals surface area contributed by atoms with Crippen molar-refractivity contribution in [1.82, 2.24) is 4.90 Å². The van der Waals surface area contributed by atoms with Crippen LogP contribution in [-0.2, 0) is 17.6 Å². The Labute approximate surface area is 151 Å². The monoisotopic (exact) mass is 355 g/mol. The molecule has 1 N–H and O–H groups in total. The summed E-state index contributed by atoms with van der Waals surface area (Å²) in [5.74, 6) is 0.728. The number of hydrogen-bond acceptors (Lipinski definition) is 5. The van der Waals surface area contributed by atoms with E-state index in [-0.39, 0.29) is 12.5 Å². The second kappa shape index (κ2) is 8.15. The van der Waals surface area contributed by atoms with Crippen LogP contribution in [0.5, 0.6) is 5.75 Å². The summed E-state index contributed by atoms with van der Waals surface area (Å²) in [5, 5.41) is 13.0. The van der Waals surface area contributed by atoms with Crippen molar-refractivity contribution in [3.63, 3.8) is 0 Å². The van der Waals surface area contributed by atoms with Crippen LogP contribution in [0.25, 0.3) is 0 Å². The van der Waals surface area contributed by atoms with Gasteiger partial charge < -0.3 is 10.1 Å². The summed E-state index contributed by atoms with van der Waals surface area (Å²) in [4.78, 5) is 15.4. The molecule has 1 aliphatic carbocycles. The molecular weight excluding hydrogens is 334 g/mol. The van der Waals surface area contributed by atoms with Crippen molar-refractivity contribution in [3.05, 3.63) is 46.3 Å². The number of anilines is 1. The fraction of sp³-hybridized carbons (Fsp3) is 0.368. The molecule has 2 aromatic rings. The van der Waals surface area contributed by atoms with Gasteiger partial charge in [0.25, 0.3) is 0 Å². The SMILES string of the molecule is CN(CCOc1ccccc1)CC(=O)Nc1sc2c(c1C#N)CCC2. The van der Waals surface area contributed by atoms with Crippen LogP contribution >= 0.6 is 11.3 Å². The predicted molar refractivity (Wildman–Crippen MR) is 99.1 cm³/mol. The third-order valence-electron chi connectivity index (χ3n) is 4.18. The number of ether oxygens (including phenoxy) is 1. The van der Waals surface area contributed by atoms with Gasteiger partial charge in [-0.3, -0.25) is 9.69 Å². The van der Waals surface area contributed by atoms with E-state index in [4.69, 9.17) is 4.74 Å². The van der Waals surface area contributed by atoms with Crippen LogP contribution in [0.3, 0.4) is 0 Å². The zero-order valence-electron chi connectivity index (χ0n) is 14.2. The quantitative estimate of drug-likeness (QED) is 0.829. The number of likely N-dealkylation sites (N-methyl/N-ethyl adjacent to an activating group) is 1. The first-order valence-corrected chi connectivity index (χ1v) is 9.20. The molecule has 0 saturated heterocycles. The highest BCUT2D eigenvalue weighted by molar-refractivity contribution is 7.16. The molecule has 6 heteroatoms. The Kier molecular flexibility index (Phi) is 5.69. The number of nitrogens with zero attached hydrogens (tertiary/aromatic N) is 2. The van der Waals surface area contributed by atoms with E-state index in [1.54, 1.807) is 11.3 Å². The largest absolute Gasteiger partial charge is 0.492 e. The maximum absolute atomic E-state index is 12.3. The number of fused-ring (bicyclic) bond motifs is 1. The number of rotatable bonds is 7. The molecule has 1 amide bonds. The van der Waals surface area contributed by atoms with E-state index in [2.05, 4.69) is 11.4 Å². The molecule has 25 heavy (non-hydrogen) atoms. The minimum absolute atomic E-state index is 0.0985. The molecule has 0 aliphatic heterocycles. The lowest BCUT2D eigenvalue weighted by Crippen LogP contribution is -2.33. The smallest absolute Gasteiger partial charge is 0.239 e. The number of thiophene rings is 1. The highest BCUT2D eigenvalue weighted by Crippen LogP contribution is 2.38. The van der Waals surface area contributed by atoms with Crippen molar-refractivity contribution >= 4 is 22.2 Å². The van der Waals surface area contributed by atoms with Gasteiger partial charge in [-0.25, -0.2) is 0 Å². The van der Waals surface area contributed by atoms with Crippen molar-refractivity contribution < 1.29 is 9.53 Å². The lowest BCUT2D eigenvalue weighted by Gasteiger charge is -2.16. The van der Waals surface area contributed by atoms with Crippen molar-refractivity contribution in [2.75, 3.05) is 32.1 Å². The second-order valence-corrected chi connectivity index (χ2v) is 7.23. The van der Waals surface area contributed by atoms with Gasteiger partial charge in [0.05, 0.1) is 12.1 Å². The van der Waals surface area contributed by atoms with Crippen molar-refractivity contribution in [3.8, 4) is 11.8 Å². The number of amides is 1. The minimum Gasteiger partial charge on any atom is -0.492 e. The molecule has 0 unspecified atom stereocenters. The molecule has 0 saturated carbocycles. The highest BCUT2D eigenvalue weighted by Gasteiger charge is 2.23. The number of nitrogens with one attached hydrogen (secondary N) is 1. The molecule has 0 spiro atoms. The van der Waals surface area contributed by atoms with E-state index < -0.39 is 0 Å². The molecule has 1 aromatic carbocycles. The summed E-state index contributed by atoms with van der Waals surface area (Å²) < 4.78 is 5.64. The predicted octanol–water partition coefficient (Wildman–Crippen LogP) is 3.06. The maximum atomic E-state index is 12.3. The molecule has 130 valence electrons. The number of para-hydroxylation sites is 1. The van der Waals surface area contributed by atoms with Gasteiger partial charge >= 0.3 is 0 Å². The Morgan fingerprint density at radius 2 is 2.16 bits per heavy atom. The fourth-order valence-electron chi connectivity index (χ4n) is 2.94. The summed E-state index contributed by atoms with van der Waals surface area (Å²) in [5.41, 5.74) is 1.79. The van der Waals surface area contributed by atoms with E-state index in [1.165, 1.54) is 4.88 Å². The van der Waals surface area contributed by atoms with E-state index in [0.29, 0.717) is 23.7 Å². The van der Waals surface area contributed by atoms with Gasteiger partial charge in [0.2, 0.25) is 5.91 Å². The Balaban J connectivity index is 1.47. The van der Waals surface area contributed by atoms with Gasteiger partial charge in [-0.05, 0) is 44.0 Å². The summed E-state index contributed by atoms with van der Waals surface area (Å²) >= 11 is 1.55. The topological polar surface area (TPSA) is 65.4 Å². The van der Waals surface area contributed by atoms with E-state index >= 15 is 0 Å². The Morgan fingerprint density at radius 3 is 2.92 bits per heavy atom. The summed E-state index contributed by atoms with van der Waals surface area (Å²) in [6, 6.07) is 11.9. The summed E-state index contributed by atoms with van der Waals surface area (Å²) in [6.45, 7) is 1.44. The zero-order valence-corrected chi connectivity index (χ0v) is 15.1. The first-order chi connectivity index (χ1) is 12.2. The number of nitriles is 1. The lowest BCUT2D eigenvalue weighted by atomic mass is 10.1. The molecule has 1 heterocycles. The first-order valence-electron chi connectivity index (χ1n) is 8.38. The van der Waals surface area contributed by atoms with E-state index in [1.807, 2.05) is 42.3 Å². The van der Waals surface area contributed by atoms with Crippen LogP contribution < -0.4 is 10.1 Å². The number of carbonyl (C=O) groups excluding carboxylic acids is 1. The molecule has 5 nitrogen and oxygen atoms in total. The second-order valence-electron chi connectivity index (χ2n) is 6.12. The van der Waals surface area contributed by atoms with Crippen molar-refractivity contribution in [1.29, 1.82) is 5.26 Å². The summed E-state index contributed by atoms with van der Waals surface area (Å²) in [6.07, 6.45) is 3.07. The van der Waals surface area contributed by atoms with Crippen LogP contribution in [0.2, 0.25) is 0 Å². The van der Waals surface area contributed by atoms with Crippen molar-refractivity contribution in [2.24, 2.45) is 0 Å². The molecule has 0 bridgehead atoms. The molecule has 0 radical (unpaired) electrons. The highest BCUT2D eigenvalue weighted by atomic mass is 32.1. The molecule has 1 aromatic heterocycles. The van der Waals surface area contributed by atoms with Gasteiger partial charge in [0.15, 0.2) is 0 Å². The first kappa shape index (κ1) is 17.5.